The van der Waals surface area contributed by atoms with Crippen LogP contribution < -0.4 is 14.8 Å². The number of likely N-dealkylation sites (N-methyl/N-ethyl adjacent to an activating group) is 1. The number of aromatic nitrogens is 2. The highest BCUT2D eigenvalue weighted by atomic mass is 35.5. The van der Waals surface area contributed by atoms with E-state index in [4.69, 9.17) is 21.1 Å². The first-order chi connectivity index (χ1) is 10.2. The number of imidazole rings is 1. The summed E-state index contributed by atoms with van der Waals surface area (Å²) in [6.07, 6.45) is 1.62. The van der Waals surface area contributed by atoms with Gasteiger partial charge in [-0.2, -0.15) is 0 Å². The summed E-state index contributed by atoms with van der Waals surface area (Å²) in [6, 6.07) is 6.21. The highest BCUT2D eigenvalue weighted by Gasteiger charge is 2.23. The van der Waals surface area contributed by atoms with Crippen molar-refractivity contribution >= 4 is 11.6 Å². The monoisotopic (exact) mass is 307 g/mol. The van der Waals surface area contributed by atoms with Crippen molar-refractivity contribution in [2.75, 3.05) is 13.2 Å². The third-order valence-corrected chi connectivity index (χ3v) is 3.96. The van der Waals surface area contributed by atoms with Crippen LogP contribution in [-0.4, -0.2) is 22.7 Å². The van der Waals surface area contributed by atoms with Gasteiger partial charge >= 0.3 is 0 Å². The first kappa shape index (κ1) is 14.2. The van der Waals surface area contributed by atoms with Gasteiger partial charge in [-0.15, -0.1) is 0 Å². The summed E-state index contributed by atoms with van der Waals surface area (Å²) in [4.78, 5) is 4.20. The molecule has 1 unspecified atom stereocenters. The second-order valence-electron chi connectivity index (χ2n) is 4.97. The molecule has 1 aliphatic heterocycles. The van der Waals surface area contributed by atoms with Crippen molar-refractivity contribution < 1.29 is 9.47 Å². The van der Waals surface area contributed by atoms with Crippen molar-refractivity contribution in [2.45, 2.75) is 19.6 Å². The molecule has 6 heteroatoms. The summed E-state index contributed by atoms with van der Waals surface area (Å²) < 4.78 is 13.3. The minimum atomic E-state index is 0.271. The standard InChI is InChI=1S/C15H18ClN3O2/c1-3-17-12-8-21-13-6-10(4-5-11(12)13)20-9-15-18-7-14(16)19(15)2/h4-7,12,17H,3,8-9H2,1-2H3. The molecule has 2 heterocycles. The maximum atomic E-state index is 5.95. The van der Waals surface area contributed by atoms with Crippen molar-refractivity contribution in [3.8, 4) is 11.5 Å². The van der Waals surface area contributed by atoms with E-state index in [0.29, 0.717) is 18.4 Å². The molecule has 2 aromatic rings. The lowest BCUT2D eigenvalue weighted by atomic mass is 10.1. The molecule has 112 valence electrons. The average Bonchev–Trinajstić information content (AvgIpc) is 3.03. The molecule has 0 bridgehead atoms. The van der Waals surface area contributed by atoms with E-state index in [9.17, 15) is 0 Å². The molecule has 0 saturated carbocycles. The molecule has 1 aromatic carbocycles. The Bertz CT molecular complexity index is 642. The van der Waals surface area contributed by atoms with Crippen molar-refractivity contribution in [3.05, 3.63) is 40.9 Å². The molecule has 3 rings (SSSR count). The molecule has 1 atom stereocenters. The number of hydrogen-bond donors (Lipinski definition) is 1. The summed E-state index contributed by atoms with van der Waals surface area (Å²) in [5, 5.41) is 3.99. The van der Waals surface area contributed by atoms with Crippen LogP contribution in [0.25, 0.3) is 0 Å². The van der Waals surface area contributed by atoms with E-state index in [1.54, 1.807) is 10.8 Å². The number of hydrogen-bond acceptors (Lipinski definition) is 4. The molecular formula is C15H18ClN3O2. The normalized spacial score (nSPS) is 16.6. The molecule has 0 spiro atoms. The Morgan fingerprint density at radius 2 is 2.38 bits per heavy atom. The minimum Gasteiger partial charge on any atom is -0.491 e. The minimum absolute atomic E-state index is 0.271. The maximum Gasteiger partial charge on any atom is 0.147 e. The molecule has 0 saturated heterocycles. The molecular weight excluding hydrogens is 290 g/mol. The predicted molar refractivity (Wildman–Crippen MR) is 80.9 cm³/mol. The van der Waals surface area contributed by atoms with Gasteiger partial charge in [0.05, 0.1) is 12.2 Å². The fourth-order valence-electron chi connectivity index (χ4n) is 2.40. The van der Waals surface area contributed by atoms with E-state index < -0.39 is 0 Å². The van der Waals surface area contributed by atoms with Crippen LogP contribution in [0, 0.1) is 0 Å². The number of fused-ring (bicyclic) bond motifs is 1. The first-order valence-electron chi connectivity index (χ1n) is 6.98. The smallest absolute Gasteiger partial charge is 0.147 e. The third-order valence-electron chi connectivity index (χ3n) is 3.61. The Hall–Kier alpha value is -1.72. The van der Waals surface area contributed by atoms with Gasteiger partial charge in [0, 0.05) is 18.7 Å². The third kappa shape index (κ3) is 2.84. The van der Waals surface area contributed by atoms with Crippen molar-refractivity contribution in [1.29, 1.82) is 0 Å². The topological polar surface area (TPSA) is 48.3 Å². The highest BCUT2D eigenvalue weighted by Crippen LogP contribution is 2.35. The second kappa shape index (κ2) is 5.95. The largest absolute Gasteiger partial charge is 0.491 e. The van der Waals surface area contributed by atoms with Crippen molar-refractivity contribution in [3.63, 3.8) is 0 Å². The van der Waals surface area contributed by atoms with Crippen molar-refractivity contribution in [2.24, 2.45) is 7.05 Å². The van der Waals surface area contributed by atoms with Crippen LogP contribution in [0.2, 0.25) is 5.15 Å². The van der Waals surface area contributed by atoms with Gasteiger partial charge in [-0.1, -0.05) is 18.5 Å². The number of halogens is 1. The summed E-state index contributed by atoms with van der Waals surface area (Å²) in [7, 11) is 1.86. The summed E-state index contributed by atoms with van der Waals surface area (Å²) in [5.41, 5.74) is 1.18. The lowest BCUT2D eigenvalue weighted by molar-refractivity contribution is 0.287. The molecule has 5 nitrogen and oxygen atoms in total. The van der Waals surface area contributed by atoms with E-state index in [0.717, 1.165) is 23.9 Å². The van der Waals surface area contributed by atoms with Crippen LogP contribution >= 0.6 is 11.6 Å². The van der Waals surface area contributed by atoms with Gasteiger partial charge in [0.2, 0.25) is 0 Å². The quantitative estimate of drug-likeness (QED) is 0.922. The van der Waals surface area contributed by atoms with Gasteiger partial charge < -0.3 is 19.4 Å². The maximum absolute atomic E-state index is 5.95. The highest BCUT2D eigenvalue weighted by molar-refractivity contribution is 6.29. The summed E-state index contributed by atoms with van der Waals surface area (Å²) in [5.74, 6) is 2.44. The van der Waals surface area contributed by atoms with Gasteiger partial charge in [0.15, 0.2) is 0 Å². The van der Waals surface area contributed by atoms with Gasteiger partial charge in [-0.05, 0) is 18.7 Å². The molecule has 0 radical (unpaired) electrons. The number of ether oxygens (including phenoxy) is 2. The first-order valence-corrected chi connectivity index (χ1v) is 7.36. The number of nitrogens with one attached hydrogen (secondary N) is 1. The fraction of sp³-hybridized carbons (Fsp3) is 0.400. The Morgan fingerprint density at radius 1 is 1.52 bits per heavy atom. The lowest BCUT2D eigenvalue weighted by Gasteiger charge is -2.10. The SMILES string of the molecule is CCNC1COc2cc(OCc3ncc(Cl)n3C)ccc21. The van der Waals surface area contributed by atoms with E-state index in [-0.39, 0.29) is 6.04 Å². The van der Waals surface area contributed by atoms with E-state index in [1.807, 2.05) is 19.2 Å². The van der Waals surface area contributed by atoms with Crippen molar-refractivity contribution in [1.82, 2.24) is 14.9 Å². The van der Waals surface area contributed by atoms with Crippen LogP contribution in [-0.2, 0) is 13.7 Å². The van der Waals surface area contributed by atoms with Gasteiger partial charge in [-0.3, -0.25) is 0 Å². The van der Waals surface area contributed by atoms with Crippen LogP contribution in [0.4, 0.5) is 0 Å². The van der Waals surface area contributed by atoms with Crippen LogP contribution in [0.15, 0.2) is 24.4 Å². The summed E-state index contributed by atoms with van der Waals surface area (Å²) in [6.45, 7) is 4.05. The number of rotatable bonds is 5. The van der Waals surface area contributed by atoms with Crippen LogP contribution in [0.3, 0.4) is 0 Å². The molecule has 0 aliphatic carbocycles. The van der Waals surface area contributed by atoms with Crippen LogP contribution in [0.1, 0.15) is 24.4 Å². The molecule has 21 heavy (non-hydrogen) atoms. The summed E-state index contributed by atoms with van der Waals surface area (Å²) >= 11 is 5.95. The van der Waals surface area contributed by atoms with Crippen LogP contribution in [0.5, 0.6) is 11.5 Å². The van der Waals surface area contributed by atoms with Gasteiger partial charge in [-0.25, -0.2) is 4.98 Å². The second-order valence-corrected chi connectivity index (χ2v) is 5.35. The van der Waals surface area contributed by atoms with Gasteiger partial charge in [0.25, 0.3) is 0 Å². The fourth-order valence-corrected chi connectivity index (χ4v) is 2.55. The Morgan fingerprint density at radius 3 is 3.10 bits per heavy atom. The zero-order chi connectivity index (χ0) is 14.8. The number of nitrogens with zero attached hydrogens (tertiary/aromatic N) is 2. The van der Waals surface area contributed by atoms with E-state index >= 15 is 0 Å². The average molecular weight is 308 g/mol. The predicted octanol–water partition coefficient (Wildman–Crippen LogP) is 2.70. The number of benzene rings is 1. The Kier molecular flexibility index (Phi) is 4.03. The van der Waals surface area contributed by atoms with E-state index in [2.05, 4.69) is 23.3 Å². The Labute approximate surface area is 128 Å². The molecule has 0 fully saturated rings. The molecule has 1 N–H and O–H groups in total. The molecule has 1 aliphatic rings. The zero-order valence-electron chi connectivity index (χ0n) is 12.1. The van der Waals surface area contributed by atoms with E-state index in [1.165, 1.54) is 5.56 Å². The molecule has 0 amide bonds. The lowest BCUT2D eigenvalue weighted by Crippen LogP contribution is -2.21. The Balaban J connectivity index is 1.69. The van der Waals surface area contributed by atoms with Gasteiger partial charge in [0.1, 0.15) is 35.7 Å². The molecule has 1 aromatic heterocycles. The zero-order valence-corrected chi connectivity index (χ0v) is 12.9.